The van der Waals surface area contributed by atoms with Gasteiger partial charge in [-0.05, 0) is 18.1 Å². The third kappa shape index (κ3) is 1.70. The van der Waals surface area contributed by atoms with Crippen LogP contribution in [0, 0.1) is 5.92 Å². The van der Waals surface area contributed by atoms with Gasteiger partial charge in [-0.2, -0.15) is 0 Å². The highest BCUT2D eigenvalue weighted by Crippen LogP contribution is 2.29. The molecule has 1 N–H and O–H groups in total. The standard InChI is InChI=1S/C11H17NO2/c1-9(2)11(13)7-12(8-11)6-10-4-3-5-14-10/h3-5,9,13H,6-8H2,1-2H3. The molecule has 0 unspecified atom stereocenters. The Hall–Kier alpha value is -0.800. The summed E-state index contributed by atoms with van der Waals surface area (Å²) in [7, 11) is 0. The highest BCUT2D eigenvalue weighted by molar-refractivity contribution is 5.03. The predicted octanol–water partition coefficient (Wildman–Crippen LogP) is 1.48. The van der Waals surface area contributed by atoms with E-state index in [4.69, 9.17) is 4.42 Å². The van der Waals surface area contributed by atoms with Crippen LogP contribution in [0.2, 0.25) is 0 Å². The fraction of sp³-hybridized carbons (Fsp3) is 0.636. The van der Waals surface area contributed by atoms with Crippen LogP contribution in [0.15, 0.2) is 22.8 Å². The zero-order valence-electron chi connectivity index (χ0n) is 8.73. The topological polar surface area (TPSA) is 36.6 Å². The normalized spacial score (nSPS) is 21.1. The highest BCUT2D eigenvalue weighted by atomic mass is 16.3. The van der Waals surface area contributed by atoms with Crippen molar-refractivity contribution >= 4 is 0 Å². The smallest absolute Gasteiger partial charge is 0.117 e. The van der Waals surface area contributed by atoms with Gasteiger partial charge in [0.1, 0.15) is 5.76 Å². The Morgan fingerprint density at radius 2 is 2.29 bits per heavy atom. The monoisotopic (exact) mass is 195 g/mol. The van der Waals surface area contributed by atoms with Crippen molar-refractivity contribution < 1.29 is 9.52 Å². The average molecular weight is 195 g/mol. The molecule has 0 bridgehead atoms. The molecule has 1 aromatic rings. The fourth-order valence-electron chi connectivity index (χ4n) is 1.83. The van der Waals surface area contributed by atoms with Gasteiger partial charge in [0, 0.05) is 13.1 Å². The van der Waals surface area contributed by atoms with Crippen LogP contribution in [-0.2, 0) is 6.54 Å². The first kappa shape index (κ1) is 9.74. The number of rotatable bonds is 3. The van der Waals surface area contributed by atoms with Gasteiger partial charge in [-0.25, -0.2) is 0 Å². The summed E-state index contributed by atoms with van der Waals surface area (Å²) in [6.45, 7) is 6.44. The van der Waals surface area contributed by atoms with Gasteiger partial charge in [0.2, 0.25) is 0 Å². The van der Waals surface area contributed by atoms with Gasteiger partial charge in [-0.15, -0.1) is 0 Å². The van der Waals surface area contributed by atoms with E-state index in [1.54, 1.807) is 6.26 Å². The van der Waals surface area contributed by atoms with Crippen molar-refractivity contribution in [2.45, 2.75) is 26.0 Å². The van der Waals surface area contributed by atoms with Crippen LogP contribution in [0.3, 0.4) is 0 Å². The molecule has 2 rings (SSSR count). The van der Waals surface area contributed by atoms with E-state index in [0.717, 1.165) is 25.4 Å². The Bertz CT molecular complexity index is 286. The van der Waals surface area contributed by atoms with Gasteiger partial charge < -0.3 is 9.52 Å². The molecule has 3 nitrogen and oxygen atoms in total. The molecule has 1 aliphatic heterocycles. The Labute approximate surface area is 84.3 Å². The van der Waals surface area contributed by atoms with E-state index in [0.29, 0.717) is 5.92 Å². The van der Waals surface area contributed by atoms with Crippen LogP contribution in [-0.4, -0.2) is 28.7 Å². The first-order valence-electron chi connectivity index (χ1n) is 5.07. The highest BCUT2D eigenvalue weighted by Gasteiger charge is 2.43. The molecule has 1 saturated heterocycles. The second-order valence-corrected chi connectivity index (χ2v) is 4.48. The summed E-state index contributed by atoms with van der Waals surface area (Å²) in [5.74, 6) is 1.30. The van der Waals surface area contributed by atoms with E-state index in [1.165, 1.54) is 0 Å². The SMILES string of the molecule is CC(C)C1(O)CN(Cc2ccco2)C1. The van der Waals surface area contributed by atoms with Gasteiger partial charge in [0.15, 0.2) is 0 Å². The number of hydrogen-bond acceptors (Lipinski definition) is 3. The number of aliphatic hydroxyl groups is 1. The lowest BCUT2D eigenvalue weighted by Crippen LogP contribution is -2.63. The molecule has 2 heterocycles. The quantitative estimate of drug-likeness (QED) is 0.793. The predicted molar refractivity (Wildman–Crippen MR) is 53.8 cm³/mol. The maximum absolute atomic E-state index is 10.0. The maximum atomic E-state index is 10.0. The molecule has 14 heavy (non-hydrogen) atoms. The van der Waals surface area contributed by atoms with Gasteiger partial charge in [0.05, 0.1) is 18.4 Å². The molecule has 0 atom stereocenters. The minimum absolute atomic E-state index is 0.329. The second-order valence-electron chi connectivity index (χ2n) is 4.48. The molecule has 0 amide bonds. The van der Waals surface area contributed by atoms with Crippen molar-refractivity contribution in [1.29, 1.82) is 0 Å². The molecule has 0 aromatic carbocycles. The lowest BCUT2D eigenvalue weighted by Gasteiger charge is -2.48. The minimum Gasteiger partial charge on any atom is -0.468 e. The van der Waals surface area contributed by atoms with Crippen LogP contribution < -0.4 is 0 Å². The Morgan fingerprint density at radius 3 is 2.79 bits per heavy atom. The summed E-state index contributed by atoms with van der Waals surface area (Å²) >= 11 is 0. The molecular weight excluding hydrogens is 178 g/mol. The number of nitrogens with zero attached hydrogens (tertiary/aromatic N) is 1. The molecule has 1 aromatic heterocycles. The Morgan fingerprint density at radius 1 is 1.57 bits per heavy atom. The van der Waals surface area contributed by atoms with E-state index in [9.17, 15) is 5.11 Å². The van der Waals surface area contributed by atoms with Gasteiger partial charge in [-0.1, -0.05) is 13.8 Å². The summed E-state index contributed by atoms with van der Waals surface area (Å²) in [6.07, 6.45) is 1.68. The minimum atomic E-state index is -0.480. The number of likely N-dealkylation sites (tertiary alicyclic amines) is 1. The van der Waals surface area contributed by atoms with Crippen LogP contribution in [0.4, 0.5) is 0 Å². The van der Waals surface area contributed by atoms with Gasteiger partial charge >= 0.3 is 0 Å². The van der Waals surface area contributed by atoms with E-state index >= 15 is 0 Å². The Kier molecular flexibility index (Phi) is 2.37. The van der Waals surface area contributed by atoms with Crippen molar-refractivity contribution in [2.75, 3.05) is 13.1 Å². The van der Waals surface area contributed by atoms with E-state index in [-0.39, 0.29) is 0 Å². The first-order valence-corrected chi connectivity index (χ1v) is 5.07. The molecule has 78 valence electrons. The summed E-state index contributed by atoms with van der Waals surface area (Å²) < 4.78 is 5.25. The van der Waals surface area contributed by atoms with Crippen molar-refractivity contribution in [2.24, 2.45) is 5.92 Å². The summed E-state index contributed by atoms with van der Waals surface area (Å²) in [5, 5.41) is 10.0. The van der Waals surface area contributed by atoms with Crippen molar-refractivity contribution in [3.8, 4) is 0 Å². The number of furan rings is 1. The zero-order valence-corrected chi connectivity index (χ0v) is 8.73. The van der Waals surface area contributed by atoms with Gasteiger partial charge in [-0.3, -0.25) is 4.90 Å². The van der Waals surface area contributed by atoms with E-state index in [1.807, 2.05) is 12.1 Å². The first-order chi connectivity index (χ1) is 6.60. The number of β-amino-alcohol motifs (C(OH)–C–C–N with tert-alkyl or cyclic N) is 1. The van der Waals surface area contributed by atoms with Crippen LogP contribution in [0.1, 0.15) is 19.6 Å². The molecule has 0 saturated carbocycles. The number of hydrogen-bond donors (Lipinski definition) is 1. The van der Waals surface area contributed by atoms with E-state index < -0.39 is 5.60 Å². The second kappa shape index (κ2) is 3.41. The Balaban J connectivity index is 1.84. The van der Waals surface area contributed by atoms with Crippen molar-refractivity contribution in [1.82, 2.24) is 4.90 Å². The van der Waals surface area contributed by atoms with E-state index in [2.05, 4.69) is 18.7 Å². The molecule has 1 aliphatic rings. The lowest BCUT2D eigenvalue weighted by atomic mass is 9.83. The molecule has 3 heteroatoms. The molecular formula is C11H17NO2. The lowest BCUT2D eigenvalue weighted by molar-refractivity contribution is -0.132. The van der Waals surface area contributed by atoms with Gasteiger partial charge in [0.25, 0.3) is 0 Å². The molecule has 0 spiro atoms. The summed E-state index contributed by atoms with van der Waals surface area (Å²) in [4.78, 5) is 2.19. The fourth-order valence-corrected chi connectivity index (χ4v) is 1.83. The van der Waals surface area contributed by atoms with Crippen LogP contribution in [0.25, 0.3) is 0 Å². The third-order valence-electron chi connectivity index (χ3n) is 3.03. The summed E-state index contributed by atoms with van der Waals surface area (Å²) in [6, 6.07) is 3.86. The van der Waals surface area contributed by atoms with Crippen LogP contribution >= 0.6 is 0 Å². The summed E-state index contributed by atoms with van der Waals surface area (Å²) in [5.41, 5.74) is -0.480. The maximum Gasteiger partial charge on any atom is 0.117 e. The van der Waals surface area contributed by atoms with Crippen LogP contribution in [0.5, 0.6) is 0 Å². The van der Waals surface area contributed by atoms with Crippen molar-refractivity contribution in [3.05, 3.63) is 24.2 Å². The average Bonchev–Trinajstić information content (AvgIpc) is 2.53. The molecule has 1 fully saturated rings. The zero-order chi connectivity index (χ0) is 10.2. The van der Waals surface area contributed by atoms with Crippen molar-refractivity contribution in [3.63, 3.8) is 0 Å². The largest absolute Gasteiger partial charge is 0.468 e. The third-order valence-corrected chi connectivity index (χ3v) is 3.03. The molecule has 0 aliphatic carbocycles. The molecule has 0 radical (unpaired) electrons.